The summed E-state index contributed by atoms with van der Waals surface area (Å²) in [6.45, 7) is 4.92. The lowest BCUT2D eigenvalue weighted by molar-refractivity contribution is 0.0422. The first-order valence-corrected chi connectivity index (χ1v) is 7.07. The molecular weight excluding hydrogens is 254 g/mol. The van der Waals surface area contributed by atoms with Gasteiger partial charge in [-0.05, 0) is 31.0 Å². The van der Waals surface area contributed by atoms with Crippen LogP contribution in [-0.2, 0) is 11.3 Å². The van der Waals surface area contributed by atoms with E-state index in [2.05, 4.69) is 11.8 Å². The first-order valence-electron chi connectivity index (χ1n) is 7.07. The van der Waals surface area contributed by atoms with Crippen molar-refractivity contribution in [3.8, 4) is 0 Å². The Balaban J connectivity index is 2.12. The molecule has 0 radical (unpaired) electrons. The van der Waals surface area contributed by atoms with E-state index < -0.39 is 0 Å². The molecule has 0 aromatic heterocycles. The Morgan fingerprint density at radius 1 is 1.45 bits per heavy atom. The smallest absolute Gasteiger partial charge is 0.338 e. The number of rotatable bonds is 4. The number of likely N-dealkylation sites (tertiary alicyclic amines) is 1. The zero-order chi connectivity index (χ0) is 14.6. The van der Waals surface area contributed by atoms with Gasteiger partial charge in [-0.2, -0.15) is 0 Å². The highest BCUT2D eigenvalue weighted by molar-refractivity contribution is 5.90. The Kier molecular flexibility index (Phi) is 4.78. The largest absolute Gasteiger partial charge is 0.465 e. The highest BCUT2D eigenvalue weighted by atomic mass is 16.5. The quantitative estimate of drug-likeness (QED) is 0.856. The molecule has 1 aliphatic rings. The minimum atomic E-state index is -0.289. The number of nitrogens with zero attached hydrogens (tertiary/aromatic N) is 1. The Morgan fingerprint density at radius 3 is 2.90 bits per heavy atom. The number of methoxy groups -OCH3 is 1. The second kappa shape index (κ2) is 6.37. The predicted octanol–water partition coefficient (Wildman–Crippen LogP) is 2.07. The molecular formula is C16H23NO3. The van der Waals surface area contributed by atoms with Gasteiger partial charge in [0.15, 0.2) is 0 Å². The van der Waals surface area contributed by atoms with E-state index in [4.69, 9.17) is 4.74 Å². The Morgan fingerprint density at radius 2 is 2.20 bits per heavy atom. The van der Waals surface area contributed by atoms with E-state index >= 15 is 0 Å². The van der Waals surface area contributed by atoms with Crippen molar-refractivity contribution in [2.45, 2.75) is 26.3 Å². The number of esters is 1. The molecule has 1 fully saturated rings. The SMILES string of the molecule is COC(=O)c1ccccc1CN1CCCC(C)(CO)C1. The van der Waals surface area contributed by atoms with Crippen molar-refractivity contribution in [1.29, 1.82) is 0 Å². The maximum Gasteiger partial charge on any atom is 0.338 e. The number of carbonyl (C=O) groups is 1. The van der Waals surface area contributed by atoms with Gasteiger partial charge in [0.25, 0.3) is 0 Å². The number of ether oxygens (including phenoxy) is 1. The van der Waals surface area contributed by atoms with Gasteiger partial charge in [0.05, 0.1) is 12.7 Å². The zero-order valence-electron chi connectivity index (χ0n) is 12.3. The standard InChI is InChI=1S/C16H23NO3/c1-16(12-18)8-5-9-17(11-16)10-13-6-3-4-7-14(13)15(19)20-2/h3-4,6-7,18H,5,8-12H2,1-2H3. The van der Waals surface area contributed by atoms with Crippen LogP contribution in [0, 0.1) is 5.41 Å². The number of benzene rings is 1. The Hall–Kier alpha value is -1.39. The molecule has 1 aliphatic heterocycles. The van der Waals surface area contributed by atoms with Gasteiger partial charge in [0, 0.05) is 25.1 Å². The van der Waals surface area contributed by atoms with Gasteiger partial charge in [-0.15, -0.1) is 0 Å². The number of hydrogen-bond donors (Lipinski definition) is 1. The lowest BCUT2D eigenvalue weighted by Gasteiger charge is -2.39. The van der Waals surface area contributed by atoms with E-state index in [0.717, 1.165) is 38.0 Å². The molecule has 1 N–H and O–H groups in total. The molecule has 110 valence electrons. The van der Waals surface area contributed by atoms with Crippen molar-refractivity contribution >= 4 is 5.97 Å². The Bertz CT molecular complexity index is 475. The van der Waals surface area contributed by atoms with Crippen molar-refractivity contribution in [1.82, 2.24) is 4.90 Å². The molecule has 20 heavy (non-hydrogen) atoms. The molecule has 1 aromatic rings. The topological polar surface area (TPSA) is 49.8 Å². The second-order valence-corrected chi connectivity index (χ2v) is 5.93. The monoisotopic (exact) mass is 277 g/mol. The van der Waals surface area contributed by atoms with Crippen LogP contribution >= 0.6 is 0 Å². The third-order valence-corrected chi connectivity index (χ3v) is 4.06. The van der Waals surface area contributed by atoms with Crippen LogP contribution in [0.15, 0.2) is 24.3 Å². The van der Waals surface area contributed by atoms with E-state index in [0.29, 0.717) is 5.56 Å². The average molecular weight is 277 g/mol. The van der Waals surface area contributed by atoms with Crippen LogP contribution in [0.25, 0.3) is 0 Å². The molecule has 1 heterocycles. The number of aliphatic hydroxyl groups excluding tert-OH is 1. The van der Waals surface area contributed by atoms with Gasteiger partial charge in [-0.3, -0.25) is 4.90 Å². The summed E-state index contributed by atoms with van der Waals surface area (Å²) in [6, 6.07) is 7.56. The lowest BCUT2D eigenvalue weighted by atomic mass is 9.82. The van der Waals surface area contributed by atoms with Crippen LogP contribution in [0.3, 0.4) is 0 Å². The van der Waals surface area contributed by atoms with Gasteiger partial charge in [-0.25, -0.2) is 4.79 Å². The number of hydrogen-bond acceptors (Lipinski definition) is 4. The fourth-order valence-corrected chi connectivity index (χ4v) is 2.90. The summed E-state index contributed by atoms with van der Waals surface area (Å²) >= 11 is 0. The molecule has 1 aromatic carbocycles. The summed E-state index contributed by atoms with van der Waals surface area (Å²) in [5, 5.41) is 9.51. The van der Waals surface area contributed by atoms with Crippen molar-refractivity contribution in [3.63, 3.8) is 0 Å². The van der Waals surface area contributed by atoms with Gasteiger partial charge in [0.2, 0.25) is 0 Å². The maximum absolute atomic E-state index is 11.8. The van der Waals surface area contributed by atoms with E-state index in [-0.39, 0.29) is 18.0 Å². The minimum Gasteiger partial charge on any atom is -0.465 e. The average Bonchev–Trinajstić information content (AvgIpc) is 2.47. The van der Waals surface area contributed by atoms with Crippen LogP contribution in [0.5, 0.6) is 0 Å². The third kappa shape index (κ3) is 3.38. The van der Waals surface area contributed by atoms with Crippen LogP contribution in [0.1, 0.15) is 35.7 Å². The van der Waals surface area contributed by atoms with Gasteiger partial charge >= 0.3 is 5.97 Å². The molecule has 0 spiro atoms. The van der Waals surface area contributed by atoms with Crippen LogP contribution < -0.4 is 0 Å². The van der Waals surface area contributed by atoms with Crippen LogP contribution in [0.4, 0.5) is 0 Å². The third-order valence-electron chi connectivity index (χ3n) is 4.06. The van der Waals surface area contributed by atoms with E-state index in [1.165, 1.54) is 7.11 Å². The predicted molar refractivity (Wildman–Crippen MR) is 77.5 cm³/mol. The fourth-order valence-electron chi connectivity index (χ4n) is 2.90. The normalized spacial score (nSPS) is 23.6. The highest BCUT2D eigenvalue weighted by Gasteiger charge is 2.30. The van der Waals surface area contributed by atoms with Crippen molar-refractivity contribution in [2.75, 3.05) is 26.8 Å². The molecule has 0 bridgehead atoms. The molecule has 1 saturated heterocycles. The van der Waals surface area contributed by atoms with Crippen LogP contribution in [-0.4, -0.2) is 42.8 Å². The second-order valence-electron chi connectivity index (χ2n) is 5.93. The molecule has 4 nitrogen and oxygen atoms in total. The summed E-state index contributed by atoms with van der Waals surface area (Å²) in [5.74, 6) is -0.289. The zero-order valence-corrected chi connectivity index (χ0v) is 12.3. The van der Waals surface area contributed by atoms with Gasteiger partial charge < -0.3 is 9.84 Å². The number of aliphatic hydroxyl groups is 1. The molecule has 2 rings (SSSR count). The first-order chi connectivity index (χ1) is 9.58. The van der Waals surface area contributed by atoms with Crippen LogP contribution in [0.2, 0.25) is 0 Å². The first kappa shape index (κ1) is 15.0. The van der Waals surface area contributed by atoms with Crippen molar-refractivity contribution < 1.29 is 14.6 Å². The lowest BCUT2D eigenvalue weighted by Crippen LogP contribution is -2.43. The number of carbonyl (C=O) groups excluding carboxylic acids is 1. The number of piperidine rings is 1. The summed E-state index contributed by atoms with van der Waals surface area (Å²) in [7, 11) is 1.41. The molecule has 0 aliphatic carbocycles. The summed E-state index contributed by atoms with van der Waals surface area (Å²) < 4.78 is 4.83. The van der Waals surface area contributed by atoms with Crippen molar-refractivity contribution in [3.05, 3.63) is 35.4 Å². The van der Waals surface area contributed by atoms with Gasteiger partial charge in [0.1, 0.15) is 0 Å². The van der Waals surface area contributed by atoms with Gasteiger partial charge in [-0.1, -0.05) is 25.1 Å². The minimum absolute atomic E-state index is 0.0293. The Labute approximate surface area is 120 Å². The molecule has 1 atom stereocenters. The van der Waals surface area contributed by atoms with E-state index in [1.54, 1.807) is 6.07 Å². The summed E-state index contributed by atoms with van der Waals surface area (Å²) in [5.41, 5.74) is 1.59. The fraction of sp³-hybridized carbons (Fsp3) is 0.562. The van der Waals surface area contributed by atoms with Crippen molar-refractivity contribution in [2.24, 2.45) is 5.41 Å². The molecule has 0 amide bonds. The summed E-state index contributed by atoms with van der Waals surface area (Å²) in [4.78, 5) is 14.1. The van der Waals surface area contributed by atoms with E-state index in [9.17, 15) is 9.90 Å². The maximum atomic E-state index is 11.8. The molecule has 0 saturated carbocycles. The molecule has 1 unspecified atom stereocenters. The van der Waals surface area contributed by atoms with E-state index in [1.807, 2.05) is 18.2 Å². The highest BCUT2D eigenvalue weighted by Crippen LogP contribution is 2.29. The molecule has 4 heteroatoms. The summed E-state index contributed by atoms with van der Waals surface area (Å²) in [6.07, 6.45) is 2.14.